The zero-order chi connectivity index (χ0) is 15.0. The maximum absolute atomic E-state index is 5.78. The van der Waals surface area contributed by atoms with Crippen LogP contribution in [0.1, 0.15) is 71.9 Å². The third-order valence-corrected chi connectivity index (χ3v) is 3.49. The van der Waals surface area contributed by atoms with Crippen LogP contribution in [0.4, 0.5) is 0 Å². The molecule has 2 heteroatoms. The van der Waals surface area contributed by atoms with Crippen molar-refractivity contribution >= 4 is 0 Å². The van der Waals surface area contributed by atoms with E-state index in [1.54, 1.807) is 0 Å². The minimum absolute atomic E-state index is 0.224. The van der Waals surface area contributed by atoms with Gasteiger partial charge in [-0.25, -0.2) is 0 Å². The third-order valence-electron chi connectivity index (χ3n) is 3.49. The van der Waals surface area contributed by atoms with Gasteiger partial charge in [0.15, 0.2) is 0 Å². The normalized spacial score (nSPS) is 12.9. The highest BCUT2D eigenvalue weighted by atomic mass is 16.5. The smallest absolute Gasteiger partial charge is 0.120 e. The number of hydrogen-bond donors (Lipinski definition) is 1. The maximum atomic E-state index is 5.78. The van der Waals surface area contributed by atoms with Gasteiger partial charge in [0.2, 0.25) is 0 Å². The Morgan fingerprint density at radius 3 is 2.25 bits per heavy atom. The molecule has 0 spiro atoms. The lowest BCUT2D eigenvalue weighted by Gasteiger charge is -2.23. The largest absolute Gasteiger partial charge is 0.491 e. The van der Waals surface area contributed by atoms with Gasteiger partial charge in [-0.2, -0.15) is 0 Å². The van der Waals surface area contributed by atoms with Gasteiger partial charge in [0.1, 0.15) is 5.75 Å². The summed E-state index contributed by atoms with van der Waals surface area (Å²) >= 11 is 0. The summed E-state index contributed by atoms with van der Waals surface area (Å²) in [7, 11) is 0. The van der Waals surface area contributed by atoms with Crippen LogP contribution in [-0.4, -0.2) is 12.1 Å². The summed E-state index contributed by atoms with van der Waals surface area (Å²) in [6.45, 7) is 10.9. The molecule has 0 bridgehead atoms. The minimum atomic E-state index is 0.224. The molecule has 1 unspecified atom stereocenters. The van der Waals surface area contributed by atoms with Crippen molar-refractivity contribution in [1.82, 2.24) is 5.32 Å². The Balaban J connectivity index is 2.67. The molecule has 0 saturated carbocycles. The second-order valence-corrected chi connectivity index (χ2v) is 5.90. The monoisotopic (exact) mass is 277 g/mol. The van der Waals surface area contributed by atoms with E-state index >= 15 is 0 Å². The summed E-state index contributed by atoms with van der Waals surface area (Å²) in [4.78, 5) is 0. The van der Waals surface area contributed by atoms with Crippen LogP contribution in [-0.2, 0) is 0 Å². The molecule has 0 aromatic heterocycles. The van der Waals surface area contributed by atoms with Crippen LogP contribution in [0.3, 0.4) is 0 Å². The molecule has 0 fully saturated rings. The van der Waals surface area contributed by atoms with Crippen molar-refractivity contribution in [3.63, 3.8) is 0 Å². The lowest BCUT2D eigenvalue weighted by molar-refractivity contribution is 0.242. The van der Waals surface area contributed by atoms with Crippen LogP contribution < -0.4 is 10.1 Å². The summed E-state index contributed by atoms with van der Waals surface area (Å²) in [5.74, 6) is 0.966. The zero-order valence-corrected chi connectivity index (χ0v) is 13.8. The Kier molecular flexibility index (Phi) is 7.68. The fourth-order valence-electron chi connectivity index (χ4n) is 2.59. The van der Waals surface area contributed by atoms with E-state index in [1.165, 1.54) is 31.2 Å². The van der Waals surface area contributed by atoms with Gasteiger partial charge in [-0.05, 0) is 51.3 Å². The molecule has 1 N–H and O–H groups in total. The first kappa shape index (κ1) is 17.0. The molecule has 1 aromatic rings. The third kappa shape index (κ3) is 5.96. The van der Waals surface area contributed by atoms with Crippen LogP contribution in [0.25, 0.3) is 0 Å². The van der Waals surface area contributed by atoms with Gasteiger partial charge in [-0.1, -0.05) is 38.8 Å². The van der Waals surface area contributed by atoms with E-state index in [9.17, 15) is 0 Å². The number of benzene rings is 1. The topological polar surface area (TPSA) is 21.3 Å². The molecule has 2 nitrogen and oxygen atoms in total. The van der Waals surface area contributed by atoms with Crippen LogP contribution in [0.2, 0.25) is 0 Å². The molecule has 114 valence electrons. The predicted molar refractivity (Wildman–Crippen MR) is 87.4 cm³/mol. The molecule has 0 aliphatic rings. The van der Waals surface area contributed by atoms with Crippen molar-refractivity contribution in [2.75, 3.05) is 0 Å². The highest BCUT2D eigenvalue weighted by Crippen LogP contribution is 2.21. The van der Waals surface area contributed by atoms with Crippen LogP contribution in [0.15, 0.2) is 24.3 Å². The molecule has 0 amide bonds. The van der Waals surface area contributed by atoms with Crippen molar-refractivity contribution in [3.05, 3.63) is 29.8 Å². The summed E-state index contributed by atoms with van der Waals surface area (Å²) in [6, 6.07) is 9.45. The second kappa shape index (κ2) is 9.02. The van der Waals surface area contributed by atoms with E-state index < -0.39 is 0 Å². The van der Waals surface area contributed by atoms with Crippen LogP contribution in [0.5, 0.6) is 5.75 Å². The van der Waals surface area contributed by atoms with Gasteiger partial charge < -0.3 is 10.1 Å². The predicted octanol–water partition coefficient (Wildman–Crippen LogP) is 5.09. The Morgan fingerprint density at radius 1 is 1.05 bits per heavy atom. The van der Waals surface area contributed by atoms with Gasteiger partial charge in [0.25, 0.3) is 0 Å². The Labute approximate surface area is 124 Å². The number of nitrogens with one attached hydrogen (secondary N) is 1. The van der Waals surface area contributed by atoms with Crippen molar-refractivity contribution < 1.29 is 4.74 Å². The Hall–Kier alpha value is -1.02. The molecule has 1 atom stereocenters. The lowest BCUT2D eigenvalue weighted by Crippen LogP contribution is -2.31. The van der Waals surface area contributed by atoms with E-state index in [4.69, 9.17) is 4.74 Å². The van der Waals surface area contributed by atoms with Gasteiger partial charge >= 0.3 is 0 Å². The molecule has 20 heavy (non-hydrogen) atoms. The number of rotatable bonds is 9. The van der Waals surface area contributed by atoms with Gasteiger partial charge in [-0.15, -0.1) is 0 Å². The van der Waals surface area contributed by atoms with Gasteiger partial charge in [-0.3, -0.25) is 0 Å². The SMILES string of the molecule is CCCC(CCC)NC(C)c1cccc(OC(C)C)c1. The van der Waals surface area contributed by atoms with Crippen molar-refractivity contribution in [2.24, 2.45) is 0 Å². The average Bonchev–Trinajstić information content (AvgIpc) is 2.38. The fraction of sp³-hybridized carbons (Fsp3) is 0.667. The van der Waals surface area contributed by atoms with Crippen molar-refractivity contribution in [1.29, 1.82) is 0 Å². The van der Waals surface area contributed by atoms with Crippen LogP contribution in [0, 0.1) is 0 Å². The van der Waals surface area contributed by atoms with E-state index in [0.29, 0.717) is 12.1 Å². The number of hydrogen-bond acceptors (Lipinski definition) is 2. The second-order valence-electron chi connectivity index (χ2n) is 5.90. The van der Waals surface area contributed by atoms with Crippen molar-refractivity contribution in [3.8, 4) is 5.75 Å². The Bertz CT molecular complexity index is 369. The van der Waals surface area contributed by atoms with E-state index in [0.717, 1.165) is 5.75 Å². The summed E-state index contributed by atoms with van der Waals surface area (Å²) in [5, 5.41) is 3.76. The molecule has 0 radical (unpaired) electrons. The summed E-state index contributed by atoms with van der Waals surface area (Å²) in [5.41, 5.74) is 1.31. The van der Waals surface area contributed by atoms with E-state index in [1.807, 2.05) is 6.07 Å². The molecule has 0 heterocycles. The molecular weight excluding hydrogens is 246 g/mol. The fourth-order valence-corrected chi connectivity index (χ4v) is 2.59. The summed E-state index contributed by atoms with van der Waals surface area (Å²) in [6.07, 6.45) is 5.20. The maximum Gasteiger partial charge on any atom is 0.120 e. The minimum Gasteiger partial charge on any atom is -0.491 e. The standard InChI is InChI=1S/C18H31NO/c1-6-9-17(10-7-2)19-15(5)16-11-8-12-18(13-16)20-14(3)4/h8,11-15,17,19H,6-7,9-10H2,1-5H3. The molecule has 0 aliphatic carbocycles. The molecular formula is C18H31NO. The molecule has 1 rings (SSSR count). The number of ether oxygens (including phenoxy) is 1. The molecule has 1 aromatic carbocycles. The van der Waals surface area contributed by atoms with Crippen molar-refractivity contribution in [2.45, 2.75) is 78.5 Å². The lowest BCUT2D eigenvalue weighted by atomic mass is 10.0. The van der Waals surface area contributed by atoms with Gasteiger partial charge in [0.05, 0.1) is 6.10 Å². The van der Waals surface area contributed by atoms with E-state index in [-0.39, 0.29) is 6.10 Å². The van der Waals surface area contributed by atoms with Crippen LogP contribution >= 0.6 is 0 Å². The first-order valence-electron chi connectivity index (χ1n) is 8.09. The highest BCUT2D eigenvalue weighted by Gasteiger charge is 2.12. The average molecular weight is 277 g/mol. The molecule has 0 saturated heterocycles. The first-order valence-corrected chi connectivity index (χ1v) is 8.09. The zero-order valence-electron chi connectivity index (χ0n) is 13.8. The Morgan fingerprint density at radius 2 is 1.70 bits per heavy atom. The first-order chi connectivity index (χ1) is 9.56. The van der Waals surface area contributed by atoms with Gasteiger partial charge in [0, 0.05) is 12.1 Å². The quantitative estimate of drug-likeness (QED) is 0.678. The summed E-state index contributed by atoms with van der Waals surface area (Å²) < 4.78 is 5.78. The highest BCUT2D eigenvalue weighted by molar-refractivity contribution is 5.30. The molecule has 0 aliphatic heterocycles. The van der Waals surface area contributed by atoms with E-state index in [2.05, 4.69) is 58.1 Å².